The van der Waals surface area contributed by atoms with Gasteiger partial charge in [0, 0.05) is 33.0 Å². The van der Waals surface area contributed by atoms with E-state index in [-0.39, 0.29) is 38.3 Å². The van der Waals surface area contributed by atoms with Gasteiger partial charge in [-0.3, -0.25) is 14.5 Å². The number of hydrogen-bond acceptors (Lipinski definition) is 7. The van der Waals surface area contributed by atoms with Gasteiger partial charge in [-0.25, -0.2) is 12.7 Å². The Hall–Kier alpha value is -3.14. The van der Waals surface area contributed by atoms with Gasteiger partial charge in [0.2, 0.25) is 21.8 Å². The minimum atomic E-state index is -4.44. The van der Waals surface area contributed by atoms with E-state index < -0.39 is 70.5 Å². The van der Waals surface area contributed by atoms with Crippen molar-refractivity contribution in [2.24, 2.45) is 11.8 Å². The van der Waals surface area contributed by atoms with Gasteiger partial charge in [0.05, 0.1) is 36.5 Å². The first-order valence-corrected chi connectivity index (χ1v) is 18.7. The summed E-state index contributed by atoms with van der Waals surface area (Å²) in [5, 5.41) is 27.3. The van der Waals surface area contributed by atoms with Gasteiger partial charge in [0.15, 0.2) is 0 Å². The summed E-state index contributed by atoms with van der Waals surface area (Å²) in [6.45, 7) is -1.64. The number of nitrogens with one attached hydrogen (secondary N) is 2. The summed E-state index contributed by atoms with van der Waals surface area (Å²) in [7, 11) is -1.68. The number of unbranched alkanes of at least 4 members (excludes halogenated alkanes) is 1. The monoisotopic (exact) mass is 726 g/mol. The van der Waals surface area contributed by atoms with E-state index in [0.717, 1.165) is 41.3 Å². The van der Waals surface area contributed by atoms with Crippen LogP contribution in [0.25, 0.3) is 0 Å². The molecule has 14 heteroatoms. The van der Waals surface area contributed by atoms with Crippen molar-refractivity contribution in [3.05, 3.63) is 35.9 Å². The van der Waals surface area contributed by atoms with Crippen molar-refractivity contribution in [1.82, 2.24) is 19.8 Å². The van der Waals surface area contributed by atoms with Gasteiger partial charge in [0.25, 0.3) is 0 Å². The third-order valence-corrected chi connectivity index (χ3v) is 11.0. The van der Waals surface area contributed by atoms with E-state index in [9.17, 15) is 41.4 Å². The number of nitrogens with zero attached hydrogens (tertiary/aromatic N) is 2. The van der Waals surface area contributed by atoms with E-state index in [1.165, 1.54) is 14.1 Å². The van der Waals surface area contributed by atoms with E-state index >= 15 is 0 Å². The molecule has 2 rings (SSSR count). The number of halogens is 3. The van der Waals surface area contributed by atoms with Crippen LogP contribution in [0.5, 0.6) is 0 Å². The maximum Gasteiger partial charge on any atom is 0.401 e. The number of hydrogen-bond donors (Lipinski definition) is 4. The predicted octanol–water partition coefficient (Wildman–Crippen LogP) is 3.09. The number of aliphatic hydroxyl groups excluding tert-OH is 2. The number of benzene rings is 1. The Balaban J connectivity index is 2.25. The van der Waals surface area contributed by atoms with Crippen molar-refractivity contribution in [3.63, 3.8) is 0 Å². The predicted molar refractivity (Wildman–Crippen MR) is 187 cm³/mol. The average Bonchev–Trinajstić information content (AvgIpc) is 3.06. The molecule has 0 unspecified atom stereocenters. The third kappa shape index (κ3) is 15.8. The smallest absolute Gasteiger partial charge is 0.390 e. The minimum absolute atomic E-state index is 0.00895. The highest BCUT2D eigenvalue weighted by Crippen LogP contribution is 2.29. The number of terminal acetylenes is 2. The molecule has 0 radical (unpaired) electrons. The molecule has 2 amide bonds. The lowest BCUT2D eigenvalue weighted by molar-refractivity contribution is -0.143. The van der Waals surface area contributed by atoms with Crippen LogP contribution in [0, 0.1) is 36.5 Å². The SMILES string of the molecule is C#CCCC[C@H](O)[C@H](O)[C@H](CC1CCCCC1)NC(=O)[C@H](CC#C)NC(=O)[C@H](Cc1ccccc1)CS(=O)(=O)N(C)CCN(C)CC(F)(F)F. The van der Waals surface area contributed by atoms with Crippen molar-refractivity contribution >= 4 is 21.8 Å². The quantitative estimate of drug-likeness (QED) is 0.113. The normalized spacial score (nSPS) is 17.3. The van der Waals surface area contributed by atoms with E-state index in [1.807, 2.05) is 0 Å². The molecular formula is C36H53F3N4O6S. The molecule has 50 heavy (non-hydrogen) atoms. The highest BCUT2D eigenvalue weighted by molar-refractivity contribution is 7.89. The van der Waals surface area contributed by atoms with E-state index in [1.54, 1.807) is 30.3 Å². The van der Waals surface area contributed by atoms with Crippen molar-refractivity contribution < 1.29 is 41.4 Å². The van der Waals surface area contributed by atoms with Crippen LogP contribution in [0.15, 0.2) is 30.3 Å². The molecule has 0 spiro atoms. The summed E-state index contributed by atoms with van der Waals surface area (Å²) in [4.78, 5) is 28.4. The standard InChI is InChI=1S/C36H53F3N4O6S/c1-5-7-10-20-32(44)33(45)31(24-28-18-13-9-14-19-28)41-35(47)30(15-6-2)40-34(46)29(23-27-16-11-8-12-17-27)25-50(48,49)43(4)22-21-42(3)26-36(37,38)39/h1-2,8,11-12,16-17,28-33,44-45H,7,9-10,13-15,18-26H2,3-4H3,(H,40,46)(H,41,47)/t29-,30+,31+,32+,33-/m1/s1. The maximum atomic E-state index is 13.8. The topological polar surface area (TPSA) is 139 Å². The summed E-state index contributed by atoms with van der Waals surface area (Å²) in [6.07, 6.45) is 10.3. The number of carbonyl (C=O) groups excluding carboxylic acids is 2. The van der Waals surface area contributed by atoms with Gasteiger partial charge in [-0.2, -0.15) is 13.2 Å². The number of sulfonamides is 1. The van der Waals surface area contributed by atoms with Crippen LogP contribution >= 0.6 is 0 Å². The van der Waals surface area contributed by atoms with Crippen molar-refractivity contribution in [1.29, 1.82) is 0 Å². The minimum Gasteiger partial charge on any atom is -0.390 e. The number of likely N-dealkylation sites (N-methyl/N-ethyl adjacent to an activating group) is 2. The van der Waals surface area contributed by atoms with E-state index in [0.29, 0.717) is 24.8 Å². The molecule has 0 heterocycles. The zero-order valence-corrected chi connectivity index (χ0v) is 29.9. The van der Waals surface area contributed by atoms with Gasteiger partial charge in [0.1, 0.15) is 6.04 Å². The molecule has 1 aliphatic rings. The van der Waals surface area contributed by atoms with Crippen LogP contribution in [0.4, 0.5) is 13.2 Å². The number of carbonyl (C=O) groups is 2. The average molecular weight is 727 g/mol. The summed E-state index contributed by atoms with van der Waals surface area (Å²) in [5.41, 5.74) is 0.655. The Morgan fingerprint density at radius 2 is 1.66 bits per heavy atom. The second-order valence-electron chi connectivity index (χ2n) is 13.3. The highest BCUT2D eigenvalue weighted by Gasteiger charge is 2.35. The van der Waals surface area contributed by atoms with Crippen LogP contribution in [0.2, 0.25) is 0 Å². The Morgan fingerprint density at radius 1 is 1.00 bits per heavy atom. The molecule has 0 bridgehead atoms. The fourth-order valence-electron chi connectivity index (χ4n) is 6.16. The van der Waals surface area contributed by atoms with Crippen LogP contribution in [-0.2, 0) is 26.0 Å². The van der Waals surface area contributed by atoms with Gasteiger partial charge < -0.3 is 20.8 Å². The fraction of sp³-hybridized carbons (Fsp3) is 0.667. The molecule has 0 aromatic heterocycles. The van der Waals surface area contributed by atoms with Crippen molar-refractivity contribution in [2.45, 2.75) is 101 Å². The Morgan fingerprint density at radius 3 is 2.26 bits per heavy atom. The lowest BCUT2D eigenvalue weighted by Gasteiger charge is -2.33. The van der Waals surface area contributed by atoms with E-state index in [2.05, 4.69) is 22.5 Å². The zero-order valence-electron chi connectivity index (χ0n) is 29.1. The second-order valence-corrected chi connectivity index (χ2v) is 15.4. The molecule has 1 aliphatic carbocycles. The molecule has 0 saturated heterocycles. The molecule has 4 N–H and O–H groups in total. The Kier molecular flexibility index (Phi) is 18.3. The Bertz CT molecular complexity index is 1380. The second kappa shape index (κ2) is 21.3. The van der Waals surface area contributed by atoms with Crippen LogP contribution in [0.1, 0.15) is 69.8 Å². The van der Waals surface area contributed by atoms with Gasteiger partial charge in [-0.15, -0.1) is 24.7 Å². The summed E-state index contributed by atoms with van der Waals surface area (Å²) >= 11 is 0. The third-order valence-electron chi connectivity index (χ3n) is 9.05. The first-order chi connectivity index (χ1) is 23.6. The number of alkyl halides is 3. The van der Waals surface area contributed by atoms with Crippen molar-refractivity contribution in [2.75, 3.05) is 39.5 Å². The number of aliphatic hydroxyl groups is 2. The largest absolute Gasteiger partial charge is 0.401 e. The summed E-state index contributed by atoms with van der Waals surface area (Å²) < 4.78 is 66.0. The number of amides is 2. The fourth-order valence-corrected chi connectivity index (χ4v) is 7.55. The lowest BCUT2D eigenvalue weighted by atomic mass is 9.82. The van der Waals surface area contributed by atoms with Crippen molar-refractivity contribution in [3.8, 4) is 24.7 Å². The van der Waals surface area contributed by atoms with Crippen LogP contribution < -0.4 is 10.6 Å². The molecule has 1 saturated carbocycles. The molecule has 1 fully saturated rings. The zero-order chi connectivity index (χ0) is 37.3. The maximum absolute atomic E-state index is 13.8. The molecule has 0 aliphatic heterocycles. The van der Waals surface area contributed by atoms with Crippen LogP contribution in [-0.4, -0.2) is 110 Å². The first kappa shape index (κ1) is 43.0. The molecule has 1 aromatic rings. The Labute approximate surface area is 295 Å². The van der Waals surface area contributed by atoms with Crippen LogP contribution in [0.3, 0.4) is 0 Å². The molecule has 5 atom stereocenters. The lowest BCUT2D eigenvalue weighted by Crippen LogP contribution is -2.56. The summed E-state index contributed by atoms with van der Waals surface area (Å²) in [6, 6.07) is 6.55. The molecular weight excluding hydrogens is 673 g/mol. The molecule has 1 aromatic carbocycles. The van der Waals surface area contributed by atoms with Gasteiger partial charge >= 0.3 is 6.18 Å². The number of rotatable bonds is 21. The van der Waals surface area contributed by atoms with E-state index in [4.69, 9.17) is 12.8 Å². The molecule has 10 nitrogen and oxygen atoms in total. The first-order valence-electron chi connectivity index (χ1n) is 17.1. The highest BCUT2D eigenvalue weighted by atomic mass is 32.2. The van der Waals surface area contributed by atoms with Gasteiger partial charge in [-0.05, 0) is 44.2 Å². The summed E-state index contributed by atoms with van der Waals surface area (Å²) in [5.74, 6) is 1.79. The van der Waals surface area contributed by atoms with Gasteiger partial charge in [-0.1, -0.05) is 62.4 Å². The molecule has 280 valence electrons.